The van der Waals surface area contributed by atoms with Gasteiger partial charge in [0.05, 0.1) is 13.7 Å². The third-order valence-electron chi connectivity index (χ3n) is 3.39. The lowest BCUT2D eigenvalue weighted by molar-refractivity contribution is 0.277. The third kappa shape index (κ3) is 2.71. The number of rotatable bonds is 5. The Labute approximate surface area is 122 Å². The standard InChI is InChI=1S/C17H17NO3/c1-20-16-8-7-15-14(9-13(10-19)18-15)17(16)21-11-12-5-3-2-4-6-12/h2-9,18-19H,10-11H2,1H3. The number of fused-ring (bicyclic) bond motifs is 1. The molecule has 0 atom stereocenters. The smallest absolute Gasteiger partial charge is 0.171 e. The zero-order chi connectivity index (χ0) is 14.7. The van der Waals surface area contributed by atoms with Gasteiger partial charge < -0.3 is 19.6 Å². The largest absolute Gasteiger partial charge is 0.493 e. The summed E-state index contributed by atoms with van der Waals surface area (Å²) >= 11 is 0. The number of aliphatic hydroxyl groups excluding tert-OH is 1. The molecule has 0 fully saturated rings. The molecule has 4 heteroatoms. The van der Waals surface area contributed by atoms with Crippen LogP contribution in [0.25, 0.3) is 10.9 Å². The van der Waals surface area contributed by atoms with Crippen LogP contribution in [-0.2, 0) is 13.2 Å². The summed E-state index contributed by atoms with van der Waals surface area (Å²) in [5.74, 6) is 1.37. The van der Waals surface area contributed by atoms with Crippen LogP contribution in [-0.4, -0.2) is 17.2 Å². The summed E-state index contributed by atoms with van der Waals surface area (Å²) in [6.07, 6.45) is 0. The van der Waals surface area contributed by atoms with Gasteiger partial charge in [0, 0.05) is 16.6 Å². The highest BCUT2D eigenvalue weighted by molar-refractivity contribution is 5.89. The van der Waals surface area contributed by atoms with Gasteiger partial charge in [0.2, 0.25) is 0 Å². The number of hydrogen-bond acceptors (Lipinski definition) is 3. The zero-order valence-electron chi connectivity index (χ0n) is 11.8. The monoisotopic (exact) mass is 283 g/mol. The fraction of sp³-hybridized carbons (Fsp3) is 0.176. The Morgan fingerprint density at radius 2 is 1.90 bits per heavy atom. The van der Waals surface area contributed by atoms with Gasteiger partial charge in [-0.1, -0.05) is 30.3 Å². The number of benzene rings is 2. The number of nitrogens with one attached hydrogen (secondary N) is 1. The summed E-state index contributed by atoms with van der Waals surface area (Å²) < 4.78 is 11.3. The molecule has 4 nitrogen and oxygen atoms in total. The zero-order valence-corrected chi connectivity index (χ0v) is 11.8. The van der Waals surface area contributed by atoms with E-state index in [9.17, 15) is 5.11 Å². The molecule has 3 rings (SSSR count). The fourth-order valence-electron chi connectivity index (χ4n) is 2.34. The van der Waals surface area contributed by atoms with E-state index in [2.05, 4.69) is 4.98 Å². The highest BCUT2D eigenvalue weighted by Gasteiger charge is 2.12. The number of ether oxygens (including phenoxy) is 2. The normalized spacial score (nSPS) is 10.8. The summed E-state index contributed by atoms with van der Waals surface area (Å²) in [4.78, 5) is 3.15. The highest BCUT2D eigenvalue weighted by Crippen LogP contribution is 2.36. The minimum Gasteiger partial charge on any atom is -0.493 e. The van der Waals surface area contributed by atoms with Crippen LogP contribution in [0.5, 0.6) is 11.5 Å². The molecule has 108 valence electrons. The van der Waals surface area contributed by atoms with Gasteiger partial charge in [0.15, 0.2) is 11.5 Å². The molecular formula is C17H17NO3. The average Bonchev–Trinajstić information content (AvgIpc) is 2.97. The highest BCUT2D eigenvalue weighted by atomic mass is 16.5. The van der Waals surface area contributed by atoms with Gasteiger partial charge in [-0.25, -0.2) is 0 Å². The molecule has 1 heterocycles. The number of aromatic nitrogens is 1. The Kier molecular flexibility index (Phi) is 3.79. The van der Waals surface area contributed by atoms with E-state index in [4.69, 9.17) is 9.47 Å². The van der Waals surface area contributed by atoms with Crippen molar-refractivity contribution in [3.8, 4) is 11.5 Å². The fourth-order valence-corrected chi connectivity index (χ4v) is 2.34. The summed E-state index contributed by atoms with van der Waals surface area (Å²) in [5.41, 5.74) is 2.76. The quantitative estimate of drug-likeness (QED) is 0.755. The second kappa shape index (κ2) is 5.89. The van der Waals surface area contributed by atoms with Crippen molar-refractivity contribution in [1.82, 2.24) is 4.98 Å². The van der Waals surface area contributed by atoms with Crippen molar-refractivity contribution >= 4 is 10.9 Å². The summed E-state index contributed by atoms with van der Waals surface area (Å²) in [7, 11) is 1.62. The predicted molar refractivity (Wildman–Crippen MR) is 81.5 cm³/mol. The molecule has 1 aromatic heterocycles. The van der Waals surface area contributed by atoms with E-state index in [1.165, 1.54) is 0 Å². The second-order valence-corrected chi connectivity index (χ2v) is 4.79. The van der Waals surface area contributed by atoms with Gasteiger partial charge >= 0.3 is 0 Å². The van der Waals surface area contributed by atoms with Crippen LogP contribution < -0.4 is 9.47 Å². The van der Waals surface area contributed by atoms with Crippen LogP contribution in [0.15, 0.2) is 48.5 Å². The molecule has 0 radical (unpaired) electrons. The topological polar surface area (TPSA) is 54.5 Å². The van der Waals surface area contributed by atoms with E-state index in [-0.39, 0.29) is 6.61 Å². The molecule has 0 amide bonds. The lowest BCUT2D eigenvalue weighted by Crippen LogP contribution is -1.97. The van der Waals surface area contributed by atoms with Gasteiger partial charge in [-0.3, -0.25) is 0 Å². The molecule has 0 spiro atoms. The maximum Gasteiger partial charge on any atom is 0.171 e. The van der Waals surface area contributed by atoms with Gasteiger partial charge in [-0.2, -0.15) is 0 Å². The molecular weight excluding hydrogens is 266 g/mol. The van der Waals surface area contributed by atoms with Gasteiger partial charge in [-0.05, 0) is 23.8 Å². The molecule has 0 aliphatic rings. The van der Waals surface area contributed by atoms with Gasteiger partial charge in [0.1, 0.15) is 6.61 Å². The molecule has 0 saturated carbocycles. The van der Waals surface area contributed by atoms with E-state index < -0.39 is 0 Å². The van der Waals surface area contributed by atoms with Crippen molar-refractivity contribution in [3.05, 3.63) is 59.8 Å². The van der Waals surface area contributed by atoms with Crippen LogP contribution in [0.2, 0.25) is 0 Å². The lowest BCUT2D eigenvalue weighted by Gasteiger charge is -2.12. The molecule has 0 bridgehead atoms. The van der Waals surface area contributed by atoms with Crippen LogP contribution in [0.4, 0.5) is 0 Å². The Hall–Kier alpha value is -2.46. The second-order valence-electron chi connectivity index (χ2n) is 4.79. The van der Waals surface area contributed by atoms with Crippen LogP contribution in [0.1, 0.15) is 11.3 Å². The molecule has 2 N–H and O–H groups in total. The minimum absolute atomic E-state index is 0.0326. The van der Waals surface area contributed by atoms with Crippen molar-refractivity contribution in [2.75, 3.05) is 7.11 Å². The van der Waals surface area contributed by atoms with Gasteiger partial charge in [-0.15, -0.1) is 0 Å². The van der Waals surface area contributed by atoms with E-state index in [0.717, 1.165) is 22.2 Å². The molecule has 0 aliphatic heterocycles. The summed E-state index contributed by atoms with van der Waals surface area (Å²) in [6.45, 7) is 0.436. The first kappa shape index (κ1) is 13.5. The van der Waals surface area contributed by atoms with Crippen LogP contribution in [0.3, 0.4) is 0 Å². The van der Waals surface area contributed by atoms with Crippen LogP contribution >= 0.6 is 0 Å². The first-order chi connectivity index (χ1) is 10.3. The van der Waals surface area contributed by atoms with Crippen molar-refractivity contribution < 1.29 is 14.6 Å². The van der Waals surface area contributed by atoms with Crippen molar-refractivity contribution in [1.29, 1.82) is 0 Å². The van der Waals surface area contributed by atoms with E-state index in [1.807, 2.05) is 48.5 Å². The average molecular weight is 283 g/mol. The Bertz CT molecular complexity index is 734. The van der Waals surface area contributed by atoms with E-state index >= 15 is 0 Å². The van der Waals surface area contributed by atoms with Crippen molar-refractivity contribution in [2.24, 2.45) is 0 Å². The summed E-state index contributed by atoms with van der Waals surface area (Å²) in [6, 6.07) is 15.6. The SMILES string of the molecule is COc1ccc2[nH]c(CO)cc2c1OCc1ccccc1. The molecule has 2 aromatic carbocycles. The summed E-state index contributed by atoms with van der Waals surface area (Å²) in [5, 5.41) is 10.2. The molecule has 0 aliphatic carbocycles. The van der Waals surface area contributed by atoms with Crippen LogP contribution in [0, 0.1) is 0 Å². The first-order valence-corrected chi connectivity index (χ1v) is 6.78. The number of aliphatic hydroxyl groups is 1. The third-order valence-corrected chi connectivity index (χ3v) is 3.39. The first-order valence-electron chi connectivity index (χ1n) is 6.78. The molecule has 0 saturated heterocycles. The molecule has 0 unspecified atom stereocenters. The van der Waals surface area contributed by atoms with E-state index in [1.54, 1.807) is 7.11 Å². The van der Waals surface area contributed by atoms with E-state index in [0.29, 0.717) is 18.1 Å². The Morgan fingerprint density at radius 1 is 1.10 bits per heavy atom. The number of hydrogen-bond donors (Lipinski definition) is 2. The molecule has 21 heavy (non-hydrogen) atoms. The van der Waals surface area contributed by atoms with Crippen molar-refractivity contribution in [2.45, 2.75) is 13.2 Å². The minimum atomic E-state index is -0.0326. The van der Waals surface area contributed by atoms with Crippen molar-refractivity contribution in [3.63, 3.8) is 0 Å². The number of H-pyrrole nitrogens is 1. The maximum absolute atomic E-state index is 9.26. The number of aromatic amines is 1. The maximum atomic E-state index is 9.26. The predicted octanol–water partition coefficient (Wildman–Crippen LogP) is 3.25. The lowest BCUT2D eigenvalue weighted by atomic mass is 10.2. The number of methoxy groups -OCH3 is 1. The Morgan fingerprint density at radius 3 is 2.62 bits per heavy atom. The van der Waals surface area contributed by atoms with Gasteiger partial charge in [0.25, 0.3) is 0 Å². The molecule has 3 aromatic rings. The Balaban J connectivity index is 1.96.